The Morgan fingerprint density at radius 2 is 1.88 bits per heavy atom. The van der Waals surface area contributed by atoms with Crippen molar-refractivity contribution >= 4 is 28.5 Å². The quantitative estimate of drug-likeness (QED) is 0.312. The molecule has 33 heavy (non-hydrogen) atoms. The summed E-state index contributed by atoms with van der Waals surface area (Å²) in [4.78, 5) is 26.3. The lowest BCUT2D eigenvalue weighted by molar-refractivity contribution is 0.0996. The zero-order valence-corrected chi connectivity index (χ0v) is 19.6. The van der Waals surface area contributed by atoms with Gasteiger partial charge in [0.25, 0.3) is 5.91 Å². The second-order valence-corrected chi connectivity index (χ2v) is 8.01. The summed E-state index contributed by atoms with van der Waals surface area (Å²) in [6.45, 7) is 7.98. The van der Waals surface area contributed by atoms with Crippen molar-refractivity contribution in [3.05, 3.63) is 40.2 Å². The third-order valence-corrected chi connectivity index (χ3v) is 5.75. The molecule has 0 saturated heterocycles. The van der Waals surface area contributed by atoms with Gasteiger partial charge in [-0.3, -0.25) is 10.1 Å². The number of anilines is 1. The first-order valence-electron chi connectivity index (χ1n) is 10.5. The van der Waals surface area contributed by atoms with E-state index in [-0.39, 0.29) is 22.0 Å². The Hall–Kier alpha value is -2.86. The predicted octanol–water partition coefficient (Wildman–Crippen LogP) is 3.79. The Balaban J connectivity index is 1.97. The van der Waals surface area contributed by atoms with Crippen LogP contribution in [0.2, 0.25) is 0 Å². The van der Waals surface area contributed by atoms with Crippen molar-refractivity contribution in [2.24, 2.45) is 5.73 Å². The summed E-state index contributed by atoms with van der Waals surface area (Å²) >= 11 is 0.720. The third kappa shape index (κ3) is 7.06. The van der Waals surface area contributed by atoms with E-state index in [1.165, 1.54) is 6.92 Å². The van der Waals surface area contributed by atoms with Crippen molar-refractivity contribution in [3.8, 4) is 5.88 Å². The van der Waals surface area contributed by atoms with E-state index in [2.05, 4.69) is 33.8 Å². The van der Waals surface area contributed by atoms with Crippen LogP contribution >= 0.6 is 11.5 Å². The molecule has 2 aromatic rings. The standard InChI is InChI=1S/C21H28F3N5O3S/c1-4-29(5-2)9-7-6-8-26-21(31)27-20-15(18(25)30)19(28-33-20)32-11-13-14(22)10-12(3)16(23)17(13)24/h10H,4-9,11H2,1-3H3,(H2,25,30)(H2,26,27,31). The first-order chi connectivity index (χ1) is 15.7. The summed E-state index contributed by atoms with van der Waals surface area (Å²) in [5.74, 6) is -4.85. The van der Waals surface area contributed by atoms with Gasteiger partial charge >= 0.3 is 6.03 Å². The molecular formula is C21H28F3N5O3S. The first-order valence-corrected chi connectivity index (χ1v) is 11.3. The van der Waals surface area contributed by atoms with Crippen LogP contribution in [0, 0.1) is 24.4 Å². The van der Waals surface area contributed by atoms with Crippen molar-refractivity contribution in [1.82, 2.24) is 14.6 Å². The van der Waals surface area contributed by atoms with E-state index in [0.717, 1.165) is 50.1 Å². The summed E-state index contributed by atoms with van der Waals surface area (Å²) in [5, 5.41) is 5.18. The molecule has 1 heterocycles. The number of benzene rings is 1. The second kappa shape index (κ2) is 12.4. The van der Waals surface area contributed by atoms with Gasteiger partial charge in [0, 0.05) is 6.54 Å². The number of carbonyl (C=O) groups is 2. The highest BCUT2D eigenvalue weighted by Crippen LogP contribution is 2.31. The van der Waals surface area contributed by atoms with Crippen LogP contribution in [0.5, 0.6) is 5.88 Å². The van der Waals surface area contributed by atoms with Crippen LogP contribution < -0.4 is 21.1 Å². The summed E-state index contributed by atoms with van der Waals surface area (Å²) < 4.78 is 50.9. The number of rotatable bonds is 12. The van der Waals surface area contributed by atoms with Crippen LogP contribution in [0.25, 0.3) is 0 Å². The van der Waals surface area contributed by atoms with Gasteiger partial charge in [-0.25, -0.2) is 18.0 Å². The molecule has 1 aromatic heterocycles. The highest BCUT2D eigenvalue weighted by molar-refractivity contribution is 7.11. The van der Waals surface area contributed by atoms with Gasteiger partial charge < -0.3 is 20.7 Å². The number of halogens is 3. The minimum atomic E-state index is -1.39. The Labute approximate surface area is 194 Å². The lowest BCUT2D eigenvalue weighted by atomic mass is 10.1. The zero-order valence-electron chi connectivity index (χ0n) is 18.8. The number of aromatic nitrogens is 1. The fraction of sp³-hybridized carbons (Fsp3) is 0.476. The number of nitrogens with one attached hydrogen (secondary N) is 2. The van der Waals surface area contributed by atoms with Crippen molar-refractivity contribution in [2.45, 2.75) is 40.2 Å². The monoisotopic (exact) mass is 487 g/mol. The Kier molecular flexibility index (Phi) is 9.92. The maximum absolute atomic E-state index is 14.0. The molecule has 4 N–H and O–H groups in total. The molecular weight excluding hydrogens is 459 g/mol. The number of urea groups is 1. The van der Waals surface area contributed by atoms with Crippen molar-refractivity contribution < 1.29 is 27.5 Å². The molecule has 0 aliphatic carbocycles. The molecule has 3 amide bonds. The lowest BCUT2D eigenvalue weighted by Crippen LogP contribution is -2.31. The van der Waals surface area contributed by atoms with E-state index >= 15 is 0 Å². The molecule has 2 rings (SSSR count). The normalized spacial score (nSPS) is 11.0. The van der Waals surface area contributed by atoms with Crippen LogP contribution in [0.3, 0.4) is 0 Å². The topological polar surface area (TPSA) is 110 Å². The van der Waals surface area contributed by atoms with E-state index in [1.807, 2.05) is 0 Å². The van der Waals surface area contributed by atoms with Crippen LogP contribution in [0.4, 0.5) is 23.0 Å². The number of nitrogens with two attached hydrogens (primary N) is 1. The number of hydrogen-bond acceptors (Lipinski definition) is 6. The number of unbranched alkanes of at least 4 members (excludes halogenated alkanes) is 1. The fourth-order valence-electron chi connectivity index (χ4n) is 3.05. The summed E-state index contributed by atoms with van der Waals surface area (Å²) in [6, 6.07) is 0.278. The van der Waals surface area contributed by atoms with Crippen LogP contribution in [0.15, 0.2) is 6.07 Å². The van der Waals surface area contributed by atoms with Gasteiger partial charge in [-0.2, -0.15) is 4.37 Å². The minimum Gasteiger partial charge on any atom is -0.471 e. The number of hydrogen-bond donors (Lipinski definition) is 3. The van der Waals surface area contributed by atoms with Crippen molar-refractivity contribution in [3.63, 3.8) is 0 Å². The predicted molar refractivity (Wildman–Crippen MR) is 120 cm³/mol. The molecule has 1 aromatic carbocycles. The lowest BCUT2D eigenvalue weighted by Gasteiger charge is -2.17. The van der Waals surface area contributed by atoms with Crippen LogP contribution in [0.1, 0.15) is 48.2 Å². The van der Waals surface area contributed by atoms with Gasteiger partial charge in [0.05, 0.1) is 5.56 Å². The van der Waals surface area contributed by atoms with E-state index in [1.54, 1.807) is 0 Å². The molecule has 0 aliphatic heterocycles. The van der Waals surface area contributed by atoms with Crippen LogP contribution in [-0.2, 0) is 6.61 Å². The molecule has 8 nitrogen and oxygen atoms in total. The highest BCUT2D eigenvalue weighted by atomic mass is 32.1. The fourth-order valence-corrected chi connectivity index (χ4v) is 3.79. The van der Waals surface area contributed by atoms with Crippen LogP contribution in [-0.4, -0.2) is 47.4 Å². The maximum Gasteiger partial charge on any atom is 0.319 e. The van der Waals surface area contributed by atoms with Crippen molar-refractivity contribution in [1.29, 1.82) is 0 Å². The smallest absolute Gasteiger partial charge is 0.319 e. The van der Waals surface area contributed by atoms with E-state index in [9.17, 15) is 22.8 Å². The molecule has 12 heteroatoms. The number of carbonyl (C=O) groups excluding carboxylic acids is 2. The Morgan fingerprint density at radius 1 is 1.18 bits per heavy atom. The molecule has 0 saturated carbocycles. The minimum absolute atomic E-state index is 0.0224. The number of amides is 3. The number of aryl methyl sites for hydroxylation is 1. The van der Waals surface area contributed by atoms with Gasteiger partial charge in [0.15, 0.2) is 11.6 Å². The summed E-state index contributed by atoms with van der Waals surface area (Å²) in [7, 11) is 0. The molecule has 0 atom stereocenters. The SMILES string of the molecule is CCN(CC)CCCCNC(=O)Nc1snc(OCc2c(F)cc(C)c(F)c2F)c1C(N)=O. The zero-order chi connectivity index (χ0) is 24.5. The first kappa shape index (κ1) is 26.4. The average Bonchev–Trinajstić information content (AvgIpc) is 3.17. The van der Waals surface area contributed by atoms with E-state index in [0.29, 0.717) is 6.54 Å². The van der Waals surface area contributed by atoms with Gasteiger partial charge in [-0.05, 0) is 62.6 Å². The third-order valence-electron chi connectivity index (χ3n) is 5.00. The summed E-state index contributed by atoms with van der Waals surface area (Å²) in [6.07, 6.45) is 1.69. The van der Waals surface area contributed by atoms with Gasteiger partial charge in [-0.1, -0.05) is 13.8 Å². The van der Waals surface area contributed by atoms with Gasteiger partial charge in [-0.15, -0.1) is 0 Å². The molecule has 182 valence electrons. The molecule has 0 aliphatic rings. The molecule has 0 unspecified atom stereocenters. The summed E-state index contributed by atoms with van der Waals surface area (Å²) in [5.41, 5.74) is 4.28. The van der Waals surface area contributed by atoms with Crippen molar-refractivity contribution in [2.75, 3.05) is 31.5 Å². The van der Waals surface area contributed by atoms with E-state index in [4.69, 9.17) is 10.5 Å². The number of nitrogens with zero attached hydrogens (tertiary/aromatic N) is 2. The largest absolute Gasteiger partial charge is 0.471 e. The number of primary amides is 1. The molecule has 0 bridgehead atoms. The molecule has 0 fully saturated rings. The molecule has 0 spiro atoms. The van der Waals surface area contributed by atoms with E-state index < -0.39 is 41.6 Å². The number of ether oxygens (including phenoxy) is 1. The maximum atomic E-state index is 14.0. The average molecular weight is 488 g/mol. The molecule has 0 radical (unpaired) electrons. The van der Waals surface area contributed by atoms with Gasteiger partial charge in [0.1, 0.15) is 23.0 Å². The highest BCUT2D eigenvalue weighted by Gasteiger charge is 2.24. The Morgan fingerprint density at radius 3 is 2.52 bits per heavy atom. The Bertz CT molecular complexity index is 983. The second-order valence-electron chi connectivity index (χ2n) is 7.24. The van der Waals surface area contributed by atoms with Gasteiger partial charge in [0.2, 0.25) is 5.88 Å².